The van der Waals surface area contributed by atoms with Gasteiger partial charge < -0.3 is 15.7 Å². The van der Waals surface area contributed by atoms with E-state index in [0.29, 0.717) is 24.1 Å². The van der Waals surface area contributed by atoms with Gasteiger partial charge in [0.15, 0.2) is 6.04 Å². The minimum absolute atomic E-state index is 0.137. The van der Waals surface area contributed by atoms with Crippen LogP contribution in [-0.4, -0.2) is 29.4 Å². The van der Waals surface area contributed by atoms with Crippen LogP contribution >= 0.6 is 11.3 Å². The number of carbonyl (C=O) groups is 3. The molecule has 0 spiro atoms. The van der Waals surface area contributed by atoms with Gasteiger partial charge in [0.2, 0.25) is 5.91 Å². The van der Waals surface area contributed by atoms with Gasteiger partial charge in [-0.15, -0.1) is 0 Å². The zero-order valence-electron chi connectivity index (χ0n) is 14.7. The third-order valence-electron chi connectivity index (χ3n) is 4.16. The van der Waals surface area contributed by atoms with Crippen molar-refractivity contribution in [2.75, 3.05) is 6.54 Å². The molecule has 2 aromatic rings. The van der Waals surface area contributed by atoms with Gasteiger partial charge in [0, 0.05) is 23.9 Å². The van der Waals surface area contributed by atoms with Crippen molar-refractivity contribution in [2.45, 2.75) is 32.7 Å². The van der Waals surface area contributed by atoms with Crippen LogP contribution in [0.5, 0.6) is 0 Å². The molecule has 1 unspecified atom stereocenters. The topological polar surface area (TPSA) is 95.5 Å². The molecule has 1 atom stereocenters. The third kappa shape index (κ3) is 5.16. The maximum Gasteiger partial charge on any atom is 0.330 e. The lowest BCUT2D eigenvalue weighted by Gasteiger charge is -2.18. The summed E-state index contributed by atoms with van der Waals surface area (Å²) in [5.74, 6) is -1.63. The fourth-order valence-corrected chi connectivity index (χ4v) is 3.17. The summed E-state index contributed by atoms with van der Waals surface area (Å²) in [6.07, 6.45) is 0.569. The zero-order chi connectivity index (χ0) is 19.1. The van der Waals surface area contributed by atoms with E-state index in [1.165, 1.54) is 11.3 Å². The van der Waals surface area contributed by atoms with Crippen molar-refractivity contribution in [3.63, 3.8) is 0 Å². The maximum absolute atomic E-state index is 12.1. The van der Waals surface area contributed by atoms with Gasteiger partial charge in [-0.2, -0.15) is 11.3 Å². The Kier molecular flexibility index (Phi) is 6.91. The van der Waals surface area contributed by atoms with Crippen molar-refractivity contribution in [1.29, 1.82) is 0 Å². The lowest BCUT2D eigenvalue weighted by Crippen LogP contribution is -2.34. The molecule has 138 valence electrons. The number of carbonyl (C=O) groups excluding carboxylic acids is 2. The molecular formula is C19H22N2O4S. The Morgan fingerprint density at radius 2 is 1.96 bits per heavy atom. The highest BCUT2D eigenvalue weighted by atomic mass is 32.1. The number of hydrogen-bond donors (Lipinski definition) is 3. The number of rotatable bonds is 8. The van der Waals surface area contributed by atoms with Crippen molar-refractivity contribution in [2.24, 2.45) is 0 Å². The number of carboxylic acids is 1. The van der Waals surface area contributed by atoms with Crippen LogP contribution in [0.1, 0.15) is 45.9 Å². The lowest BCUT2D eigenvalue weighted by molar-refractivity contribution is -0.142. The van der Waals surface area contributed by atoms with Gasteiger partial charge in [-0.3, -0.25) is 9.59 Å². The van der Waals surface area contributed by atoms with Gasteiger partial charge >= 0.3 is 5.97 Å². The number of nitrogens with one attached hydrogen (secondary N) is 2. The molecule has 3 N–H and O–H groups in total. The highest BCUT2D eigenvalue weighted by Crippen LogP contribution is 2.21. The second-order valence-corrected chi connectivity index (χ2v) is 6.78. The Bertz CT molecular complexity index is 787. The Morgan fingerprint density at radius 3 is 2.62 bits per heavy atom. The second-order valence-electron chi connectivity index (χ2n) is 6.00. The van der Waals surface area contributed by atoms with E-state index in [-0.39, 0.29) is 18.2 Å². The molecule has 2 rings (SSSR count). The number of carboxylic acid groups (broad SMARTS) is 1. The molecule has 0 radical (unpaired) electrons. The second kappa shape index (κ2) is 9.15. The standard InChI is InChI=1S/C19H22N2O4S/c1-12-5-3-6-15(13(12)2)17(19(24)25)21-16(22)7-4-9-20-18(23)14-8-10-26-11-14/h3,5-6,8,10-11,17H,4,7,9H2,1-2H3,(H,20,23)(H,21,22)(H,24,25). The molecule has 6 nitrogen and oxygen atoms in total. The van der Waals surface area contributed by atoms with E-state index in [9.17, 15) is 19.5 Å². The first kappa shape index (κ1) is 19.7. The number of thiophene rings is 1. The average Bonchev–Trinajstić information content (AvgIpc) is 3.13. The Labute approximate surface area is 156 Å². The van der Waals surface area contributed by atoms with E-state index in [1.54, 1.807) is 23.6 Å². The largest absolute Gasteiger partial charge is 0.479 e. The van der Waals surface area contributed by atoms with Crippen LogP contribution in [-0.2, 0) is 9.59 Å². The van der Waals surface area contributed by atoms with Crippen molar-refractivity contribution in [3.05, 3.63) is 57.3 Å². The Hall–Kier alpha value is -2.67. The summed E-state index contributed by atoms with van der Waals surface area (Å²) >= 11 is 1.44. The Morgan fingerprint density at radius 1 is 1.19 bits per heavy atom. The molecule has 1 heterocycles. The van der Waals surface area contributed by atoms with Crippen molar-refractivity contribution >= 4 is 29.1 Å². The van der Waals surface area contributed by atoms with Crippen molar-refractivity contribution < 1.29 is 19.5 Å². The fourth-order valence-electron chi connectivity index (χ4n) is 2.54. The molecule has 7 heteroatoms. The molecule has 1 aromatic carbocycles. The molecule has 1 aromatic heterocycles. The Balaban J connectivity index is 1.85. The van der Waals surface area contributed by atoms with E-state index in [2.05, 4.69) is 10.6 Å². The molecule has 0 bridgehead atoms. The summed E-state index contributed by atoms with van der Waals surface area (Å²) in [5, 5.41) is 18.3. The monoisotopic (exact) mass is 374 g/mol. The van der Waals surface area contributed by atoms with Gasteiger partial charge in [-0.1, -0.05) is 18.2 Å². The van der Waals surface area contributed by atoms with Crippen LogP contribution in [0.25, 0.3) is 0 Å². The van der Waals surface area contributed by atoms with Gasteiger partial charge in [0.25, 0.3) is 5.91 Å². The highest BCUT2D eigenvalue weighted by Gasteiger charge is 2.23. The van der Waals surface area contributed by atoms with E-state index in [1.807, 2.05) is 25.3 Å². The molecule has 0 saturated carbocycles. The van der Waals surface area contributed by atoms with Crippen LogP contribution in [0.4, 0.5) is 0 Å². The normalized spacial score (nSPS) is 11.6. The van der Waals surface area contributed by atoms with E-state index in [0.717, 1.165) is 11.1 Å². The van der Waals surface area contributed by atoms with Crippen LogP contribution in [0.15, 0.2) is 35.0 Å². The first-order chi connectivity index (χ1) is 12.4. The summed E-state index contributed by atoms with van der Waals surface area (Å²) in [6.45, 7) is 4.09. The SMILES string of the molecule is Cc1cccc(C(NC(=O)CCCNC(=O)c2ccsc2)C(=O)O)c1C. The summed E-state index contributed by atoms with van der Waals surface area (Å²) in [7, 11) is 0. The van der Waals surface area contributed by atoms with Gasteiger partial charge in [-0.05, 0) is 48.4 Å². The minimum atomic E-state index is -1.10. The number of aliphatic carboxylic acids is 1. The van der Waals surface area contributed by atoms with Gasteiger partial charge in [0.05, 0.1) is 0 Å². The van der Waals surface area contributed by atoms with Gasteiger partial charge in [0.1, 0.15) is 0 Å². The predicted octanol–water partition coefficient (Wildman–Crippen LogP) is 2.82. The summed E-state index contributed by atoms with van der Waals surface area (Å²) in [6, 6.07) is 6.04. The number of aryl methyl sites for hydroxylation is 1. The van der Waals surface area contributed by atoms with E-state index < -0.39 is 12.0 Å². The number of benzene rings is 1. The lowest BCUT2D eigenvalue weighted by atomic mass is 9.97. The molecule has 0 saturated heterocycles. The molecular weight excluding hydrogens is 352 g/mol. The fraction of sp³-hybridized carbons (Fsp3) is 0.316. The van der Waals surface area contributed by atoms with Crippen LogP contribution in [0, 0.1) is 13.8 Å². The van der Waals surface area contributed by atoms with E-state index in [4.69, 9.17) is 0 Å². The summed E-state index contributed by atoms with van der Waals surface area (Å²) in [5.41, 5.74) is 3.00. The van der Waals surface area contributed by atoms with Crippen molar-refractivity contribution in [3.8, 4) is 0 Å². The molecule has 2 amide bonds. The molecule has 0 aliphatic carbocycles. The van der Waals surface area contributed by atoms with Crippen LogP contribution < -0.4 is 10.6 Å². The number of amides is 2. The predicted molar refractivity (Wildman–Crippen MR) is 100 cm³/mol. The summed E-state index contributed by atoms with van der Waals surface area (Å²) in [4.78, 5) is 35.5. The van der Waals surface area contributed by atoms with Crippen LogP contribution in [0.2, 0.25) is 0 Å². The van der Waals surface area contributed by atoms with Crippen LogP contribution in [0.3, 0.4) is 0 Å². The minimum Gasteiger partial charge on any atom is -0.479 e. The van der Waals surface area contributed by atoms with Crippen molar-refractivity contribution in [1.82, 2.24) is 10.6 Å². The molecule has 0 aliphatic rings. The quantitative estimate of drug-likeness (QED) is 0.619. The molecule has 0 aliphatic heterocycles. The third-order valence-corrected chi connectivity index (χ3v) is 4.84. The average molecular weight is 374 g/mol. The molecule has 26 heavy (non-hydrogen) atoms. The zero-order valence-corrected chi connectivity index (χ0v) is 15.6. The highest BCUT2D eigenvalue weighted by molar-refractivity contribution is 7.08. The molecule has 0 fully saturated rings. The van der Waals surface area contributed by atoms with E-state index >= 15 is 0 Å². The summed E-state index contributed by atoms with van der Waals surface area (Å²) < 4.78 is 0. The smallest absolute Gasteiger partial charge is 0.330 e. The first-order valence-electron chi connectivity index (χ1n) is 8.29. The maximum atomic E-state index is 12.1. The first-order valence-corrected chi connectivity index (χ1v) is 9.23. The van der Waals surface area contributed by atoms with Gasteiger partial charge in [-0.25, -0.2) is 4.79 Å². The number of hydrogen-bond acceptors (Lipinski definition) is 4.